The highest BCUT2D eigenvalue weighted by atomic mass is 32.1. The Morgan fingerprint density at radius 3 is 2.57 bits per heavy atom. The average molecular weight is 427 g/mol. The van der Waals surface area contributed by atoms with Gasteiger partial charge < -0.3 is 4.74 Å². The molecular formula is C23H23FN2O3S. The molecule has 0 saturated heterocycles. The lowest BCUT2D eigenvalue weighted by molar-refractivity contribution is -0.132. The summed E-state index contributed by atoms with van der Waals surface area (Å²) in [6.07, 6.45) is 2.28. The number of Topliss-reactive ketones (excluding diaryl/α,β-unsaturated/α-hetero) is 1. The predicted octanol–water partition coefficient (Wildman–Crippen LogP) is 4.65. The van der Waals surface area contributed by atoms with Crippen LogP contribution in [0, 0.1) is 31.5 Å². The maximum atomic E-state index is 13.6. The minimum absolute atomic E-state index is 0.0111. The van der Waals surface area contributed by atoms with Gasteiger partial charge in [-0.25, -0.2) is 9.37 Å². The molecule has 4 atom stereocenters. The van der Waals surface area contributed by atoms with Crippen molar-refractivity contribution in [1.82, 2.24) is 4.98 Å². The maximum absolute atomic E-state index is 13.6. The molecule has 3 heterocycles. The van der Waals surface area contributed by atoms with E-state index in [4.69, 9.17) is 4.74 Å². The molecule has 0 N–H and O–H groups in total. The second-order valence-electron chi connectivity index (χ2n) is 8.56. The van der Waals surface area contributed by atoms with E-state index in [1.807, 2.05) is 13.8 Å². The van der Waals surface area contributed by atoms with Crippen LogP contribution in [0.5, 0.6) is 0 Å². The topological polar surface area (TPSA) is 59.5 Å². The highest BCUT2D eigenvalue weighted by Crippen LogP contribution is 2.49. The summed E-state index contributed by atoms with van der Waals surface area (Å²) >= 11 is 1.42. The Bertz CT molecular complexity index is 1060. The molecule has 2 aliphatic heterocycles. The standard InChI is InChI=1S/C23H23FN2O3S/c1-11-4-9-17-16(10-11)20(27)18-19(14-5-7-15(24)8-6-14)26(22(28)21(18)29-17)23-25-12(2)13(3)30-23/h5-8,11,16-17,19H,4,9-10H2,1-3H3. The number of carbonyl (C=O) groups is 2. The summed E-state index contributed by atoms with van der Waals surface area (Å²) in [6.45, 7) is 6.00. The van der Waals surface area contributed by atoms with Gasteiger partial charge in [0.2, 0.25) is 0 Å². The zero-order valence-corrected chi connectivity index (χ0v) is 18.0. The van der Waals surface area contributed by atoms with E-state index in [0.717, 1.165) is 29.8 Å². The van der Waals surface area contributed by atoms with E-state index in [1.54, 1.807) is 17.0 Å². The van der Waals surface area contributed by atoms with Crippen LogP contribution in [0.2, 0.25) is 0 Å². The SMILES string of the molecule is Cc1nc(N2C(=O)C3=C(C(=O)C4CC(C)CCC4O3)C2c2ccc(F)cc2)sc1C. The molecule has 0 bridgehead atoms. The fourth-order valence-electron chi connectivity index (χ4n) is 4.79. The number of benzene rings is 1. The lowest BCUT2D eigenvalue weighted by Crippen LogP contribution is -2.41. The van der Waals surface area contributed by atoms with Crippen molar-refractivity contribution in [3.8, 4) is 0 Å². The predicted molar refractivity (Wildman–Crippen MR) is 112 cm³/mol. The summed E-state index contributed by atoms with van der Waals surface area (Å²) in [5.41, 5.74) is 1.92. The second-order valence-corrected chi connectivity index (χ2v) is 9.74. The Morgan fingerprint density at radius 2 is 1.90 bits per heavy atom. The summed E-state index contributed by atoms with van der Waals surface area (Å²) in [7, 11) is 0. The van der Waals surface area contributed by atoms with E-state index in [2.05, 4.69) is 11.9 Å². The highest BCUT2D eigenvalue weighted by molar-refractivity contribution is 7.15. The van der Waals surface area contributed by atoms with Crippen molar-refractivity contribution in [2.75, 3.05) is 4.90 Å². The van der Waals surface area contributed by atoms with Gasteiger partial charge in [0, 0.05) is 4.88 Å². The Kier molecular flexibility index (Phi) is 4.54. The Morgan fingerprint density at radius 1 is 1.17 bits per heavy atom. The number of hydrogen-bond acceptors (Lipinski definition) is 5. The molecule has 2 aromatic rings. The number of nitrogens with zero attached hydrogens (tertiary/aromatic N) is 2. The van der Waals surface area contributed by atoms with Crippen molar-refractivity contribution in [2.45, 2.75) is 52.2 Å². The number of hydrogen-bond donors (Lipinski definition) is 0. The first-order valence-corrected chi connectivity index (χ1v) is 11.1. The van der Waals surface area contributed by atoms with Crippen LogP contribution in [0.4, 0.5) is 9.52 Å². The van der Waals surface area contributed by atoms with Crippen molar-refractivity contribution >= 4 is 28.2 Å². The van der Waals surface area contributed by atoms with Gasteiger partial charge in [0.25, 0.3) is 5.91 Å². The minimum atomic E-state index is -0.649. The number of fused-ring (bicyclic) bond motifs is 1. The van der Waals surface area contributed by atoms with E-state index in [-0.39, 0.29) is 35.3 Å². The third-order valence-electron chi connectivity index (χ3n) is 6.52. The van der Waals surface area contributed by atoms with E-state index in [1.165, 1.54) is 23.5 Å². The van der Waals surface area contributed by atoms with Crippen molar-refractivity contribution in [2.24, 2.45) is 11.8 Å². The number of halogens is 1. The van der Waals surface area contributed by atoms with Crippen molar-refractivity contribution in [1.29, 1.82) is 0 Å². The quantitative estimate of drug-likeness (QED) is 0.702. The number of thiazole rings is 1. The maximum Gasteiger partial charge on any atom is 0.296 e. The number of ketones is 1. The molecule has 0 radical (unpaired) electrons. The smallest absolute Gasteiger partial charge is 0.296 e. The first-order valence-electron chi connectivity index (χ1n) is 10.3. The van der Waals surface area contributed by atoms with Crippen molar-refractivity contribution in [3.63, 3.8) is 0 Å². The molecule has 1 aromatic carbocycles. The van der Waals surface area contributed by atoms with Gasteiger partial charge in [-0.05, 0) is 56.7 Å². The molecule has 1 amide bonds. The van der Waals surface area contributed by atoms with Crippen LogP contribution < -0.4 is 4.90 Å². The third kappa shape index (κ3) is 2.90. The third-order valence-corrected chi connectivity index (χ3v) is 7.59. The zero-order valence-electron chi connectivity index (χ0n) is 17.1. The van der Waals surface area contributed by atoms with Gasteiger partial charge in [-0.3, -0.25) is 14.5 Å². The van der Waals surface area contributed by atoms with Crippen LogP contribution in [0.3, 0.4) is 0 Å². The van der Waals surface area contributed by atoms with Gasteiger partial charge in [0.05, 0.1) is 23.2 Å². The highest BCUT2D eigenvalue weighted by Gasteiger charge is 2.53. The molecule has 0 spiro atoms. The summed E-state index contributed by atoms with van der Waals surface area (Å²) in [5, 5.41) is 0.534. The number of ether oxygens (including phenoxy) is 1. The lowest BCUT2D eigenvalue weighted by Gasteiger charge is -2.37. The molecule has 7 heteroatoms. The number of aryl methyl sites for hydroxylation is 2. The fraction of sp³-hybridized carbons (Fsp3) is 0.435. The molecule has 1 aromatic heterocycles. The van der Waals surface area contributed by atoms with Crippen LogP contribution in [0.15, 0.2) is 35.6 Å². The molecule has 156 valence electrons. The number of anilines is 1. The van der Waals surface area contributed by atoms with Crippen LogP contribution in [-0.2, 0) is 14.3 Å². The molecule has 1 saturated carbocycles. The molecule has 1 aliphatic carbocycles. The number of amides is 1. The molecule has 3 aliphatic rings. The number of carbonyl (C=O) groups excluding carboxylic acids is 2. The van der Waals surface area contributed by atoms with Crippen LogP contribution in [-0.4, -0.2) is 22.8 Å². The first kappa shape index (κ1) is 19.4. The number of rotatable bonds is 2. The first-order chi connectivity index (χ1) is 14.3. The molecular weight excluding hydrogens is 403 g/mol. The van der Waals surface area contributed by atoms with Gasteiger partial charge in [0.1, 0.15) is 11.9 Å². The van der Waals surface area contributed by atoms with E-state index >= 15 is 0 Å². The zero-order chi connectivity index (χ0) is 21.2. The minimum Gasteiger partial charge on any atom is -0.483 e. The van der Waals surface area contributed by atoms with Crippen molar-refractivity contribution in [3.05, 3.63) is 57.5 Å². The summed E-state index contributed by atoms with van der Waals surface area (Å²) in [5.74, 6) is -0.347. The summed E-state index contributed by atoms with van der Waals surface area (Å²) in [6, 6.07) is 5.32. The molecule has 30 heavy (non-hydrogen) atoms. The van der Waals surface area contributed by atoms with Gasteiger partial charge in [-0.15, -0.1) is 11.3 Å². The van der Waals surface area contributed by atoms with E-state index in [0.29, 0.717) is 22.2 Å². The normalized spacial score (nSPS) is 28.5. The van der Waals surface area contributed by atoms with E-state index < -0.39 is 6.04 Å². The van der Waals surface area contributed by atoms with Gasteiger partial charge in [-0.2, -0.15) is 0 Å². The molecule has 5 nitrogen and oxygen atoms in total. The van der Waals surface area contributed by atoms with Crippen LogP contribution in [0.25, 0.3) is 0 Å². The van der Waals surface area contributed by atoms with Gasteiger partial charge in [-0.1, -0.05) is 19.1 Å². The Balaban J connectivity index is 1.65. The number of aromatic nitrogens is 1. The van der Waals surface area contributed by atoms with Crippen LogP contribution in [0.1, 0.15) is 48.4 Å². The largest absolute Gasteiger partial charge is 0.483 e. The fourth-order valence-corrected chi connectivity index (χ4v) is 5.73. The van der Waals surface area contributed by atoms with Crippen LogP contribution >= 0.6 is 11.3 Å². The monoisotopic (exact) mass is 426 g/mol. The molecule has 5 rings (SSSR count). The summed E-state index contributed by atoms with van der Waals surface area (Å²) in [4.78, 5) is 34.2. The lowest BCUT2D eigenvalue weighted by atomic mass is 9.74. The molecule has 1 fully saturated rings. The van der Waals surface area contributed by atoms with Gasteiger partial charge in [0.15, 0.2) is 16.7 Å². The average Bonchev–Trinajstić information content (AvgIpc) is 3.20. The summed E-state index contributed by atoms with van der Waals surface area (Å²) < 4.78 is 19.8. The van der Waals surface area contributed by atoms with Gasteiger partial charge >= 0.3 is 0 Å². The van der Waals surface area contributed by atoms with E-state index in [9.17, 15) is 14.0 Å². The molecule has 4 unspecified atom stereocenters. The Labute approximate surface area is 178 Å². The van der Waals surface area contributed by atoms with Crippen molar-refractivity contribution < 1.29 is 18.7 Å². The Hall–Kier alpha value is -2.54. The second kappa shape index (κ2) is 7.01.